The van der Waals surface area contributed by atoms with E-state index in [9.17, 15) is 8.78 Å². The zero-order valence-electron chi connectivity index (χ0n) is 15.7. The van der Waals surface area contributed by atoms with Crippen LogP contribution in [0.15, 0.2) is 48.2 Å². The maximum atomic E-state index is 14.7. The van der Waals surface area contributed by atoms with E-state index in [1.807, 2.05) is 24.4 Å². The fraction of sp³-hybridized carbons (Fsp3) is 0.190. The Bertz CT molecular complexity index is 1150. The largest absolute Gasteiger partial charge is 0.493 e. The summed E-state index contributed by atoms with van der Waals surface area (Å²) < 4.78 is 34.3. The van der Waals surface area contributed by atoms with Gasteiger partial charge in [-0.1, -0.05) is 0 Å². The molecule has 0 aliphatic heterocycles. The molecule has 0 saturated heterocycles. The summed E-state index contributed by atoms with van der Waals surface area (Å²) in [5.41, 5.74) is 1.11. The summed E-state index contributed by atoms with van der Waals surface area (Å²) in [6, 6.07) is 8.09. The van der Waals surface area contributed by atoms with Crippen LogP contribution in [0.2, 0.25) is 0 Å². The highest BCUT2D eigenvalue weighted by Crippen LogP contribution is 2.30. The van der Waals surface area contributed by atoms with Gasteiger partial charge in [0, 0.05) is 35.6 Å². The van der Waals surface area contributed by atoms with Crippen molar-refractivity contribution in [2.75, 3.05) is 18.5 Å². The summed E-state index contributed by atoms with van der Waals surface area (Å²) in [5, 5.41) is 5.27. The first-order valence-corrected chi connectivity index (χ1v) is 10.0. The first kappa shape index (κ1) is 19.2. The molecule has 0 aliphatic rings. The fourth-order valence-corrected chi connectivity index (χ4v) is 3.82. The third kappa shape index (κ3) is 4.17. The molecule has 1 aromatic carbocycles. The minimum Gasteiger partial charge on any atom is -0.493 e. The van der Waals surface area contributed by atoms with E-state index in [4.69, 9.17) is 4.74 Å². The maximum Gasteiger partial charge on any atom is 0.149 e. The lowest BCUT2D eigenvalue weighted by Crippen LogP contribution is -2.08. The van der Waals surface area contributed by atoms with Crippen molar-refractivity contribution in [2.24, 2.45) is 0 Å². The first-order chi connectivity index (χ1) is 14.2. The van der Waals surface area contributed by atoms with Gasteiger partial charge in [0.1, 0.15) is 35.0 Å². The van der Waals surface area contributed by atoms with E-state index in [1.54, 1.807) is 6.07 Å². The topological polar surface area (TPSA) is 59.9 Å². The predicted molar refractivity (Wildman–Crippen MR) is 110 cm³/mol. The molecule has 3 aromatic heterocycles. The number of hydrogen-bond donors (Lipinski definition) is 1. The van der Waals surface area contributed by atoms with Crippen LogP contribution in [0.4, 0.5) is 14.6 Å². The number of ether oxygens (including phenoxy) is 1. The lowest BCUT2D eigenvalue weighted by Gasteiger charge is -2.09. The van der Waals surface area contributed by atoms with E-state index in [0.29, 0.717) is 31.0 Å². The van der Waals surface area contributed by atoms with Crippen molar-refractivity contribution in [2.45, 2.75) is 13.3 Å². The Morgan fingerprint density at radius 3 is 2.90 bits per heavy atom. The van der Waals surface area contributed by atoms with Gasteiger partial charge < -0.3 is 10.1 Å². The maximum absolute atomic E-state index is 14.7. The summed E-state index contributed by atoms with van der Waals surface area (Å²) in [7, 11) is 0. The van der Waals surface area contributed by atoms with Crippen LogP contribution in [0.3, 0.4) is 0 Å². The molecule has 0 bridgehead atoms. The Kier molecular flexibility index (Phi) is 5.62. The van der Waals surface area contributed by atoms with Crippen molar-refractivity contribution in [1.82, 2.24) is 15.0 Å². The molecule has 148 valence electrons. The number of pyridine rings is 1. The molecule has 4 rings (SSSR count). The monoisotopic (exact) mass is 412 g/mol. The minimum atomic E-state index is -0.524. The number of nitrogens with zero attached hydrogens (tertiary/aromatic N) is 3. The fourth-order valence-electron chi connectivity index (χ4n) is 3.02. The summed E-state index contributed by atoms with van der Waals surface area (Å²) in [6.07, 6.45) is 3.23. The van der Waals surface area contributed by atoms with Crippen molar-refractivity contribution in [3.05, 3.63) is 65.4 Å². The van der Waals surface area contributed by atoms with E-state index >= 15 is 0 Å². The van der Waals surface area contributed by atoms with E-state index in [-0.39, 0.29) is 10.9 Å². The number of nitrogens with one attached hydrogen (secondary N) is 1. The molecule has 29 heavy (non-hydrogen) atoms. The highest BCUT2D eigenvalue weighted by Gasteiger charge is 2.13. The van der Waals surface area contributed by atoms with Crippen molar-refractivity contribution >= 4 is 28.1 Å². The third-order valence-electron chi connectivity index (χ3n) is 4.36. The molecule has 4 aromatic rings. The minimum absolute atomic E-state index is 0.0459. The Balaban J connectivity index is 1.46. The van der Waals surface area contributed by atoms with Crippen LogP contribution in [0, 0.1) is 11.6 Å². The molecule has 0 atom stereocenters. The Labute approximate surface area is 170 Å². The molecule has 0 radical (unpaired) electrons. The predicted octanol–water partition coefficient (Wildman–Crippen LogP) is 5.08. The summed E-state index contributed by atoms with van der Waals surface area (Å²) in [5.74, 6) is 0.458. The second-order valence-corrected chi connectivity index (χ2v) is 7.19. The van der Waals surface area contributed by atoms with E-state index in [1.165, 1.54) is 36.0 Å². The standard InChI is InChI=1S/C21H18F2N4OS/c1-2-28-14-9-18(29-11-14)17-10-19(27-12-26-17)24-7-5-13-8-16(22)21-15(20(13)23)4-3-6-25-21/h3-4,6,8-12H,2,5,7H2,1H3,(H,24,26,27). The second kappa shape index (κ2) is 8.48. The summed E-state index contributed by atoms with van der Waals surface area (Å²) in [4.78, 5) is 13.4. The zero-order valence-corrected chi connectivity index (χ0v) is 16.5. The number of thiophene rings is 1. The molecular formula is C21H18F2N4OS. The quantitative estimate of drug-likeness (QED) is 0.458. The van der Waals surface area contributed by atoms with Gasteiger partial charge in [0.25, 0.3) is 0 Å². The lowest BCUT2D eigenvalue weighted by molar-refractivity contribution is 0.342. The number of aromatic nitrogens is 3. The summed E-state index contributed by atoms with van der Waals surface area (Å²) >= 11 is 1.54. The molecular weight excluding hydrogens is 394 g/mol. The van der Waals surface area contributed by atoms with Gasteiger partial charge in [-0.2, -0.15) is 0 Å². The smallest absolute Gasteiger partial charge is 0.149 e. The Morgan fingerprint density at radius 1 is 1.14 bits per heavy atom. The van der Waals surface area contributed by atoms with Crippen LogP contribution >= 0.6 is 11.3 Å². The molecule has 0 amide bonds. The van der Waals surface area contributed by atoms with Gasteiger partial charge in [-0.3, -0.25) is 4.98 Å². The first-order valence-electron chi connectivity index (χ1n) is 9.15. The second-order valence-electron chi connectivity index (χ2n) is 6.28. The number of fused-ring (bicyclic) bond motifs is 1. The van der Waals surface area contributed by atoms with Crippen LogP contribution in [0.25, 0.3) is 21.5 Å². The van der Waals surface area contributed by atoms with Crippen molar-refractivity contribution in [3.8, 4) is 16.3 Å². The van der Waals surface area contributed by atoms with Gasteiger partial charge in [0.15, 0.2) is 0 Å². The lowest BCUT2D eigenvalue weighted by atomic mass is 10.1. The number of benzene rings is 1. The molecule has 8 heteroatoms. The molecule has 0 spiro atoms. The Hall–Kier alpha value is -3.13. The van der Waals surface area contributed by atoms with Gasteiger partial charge in [-0.25, -0.2) is 18.7 Å². The van der Waals surface area contributed by atoms with E-state index in [0.717, 1.165) is 16.3 Å². The zero-order chi connectivity index (χ0) is 20.2. The molecule has 3 heterocycles. The van der Waals surface area contributed by atoms with Crippen molar-refractivity contribution in [3.63, 3.8) is 0 Å². The molecule has 0 fully saturated rings. The number of hydrogen-bond acceptors (Lipinski definition) is 6. The number of rotatable bonds is 7. The average molecular weight is 412 g/mol. The Morgan fingerprint density at radius 2 is 2.03 bits per heavy atom. The molecule has 0 aliphatic carbocycles. The van der Waals surface area contributed by atoms with Gasteiger partial charge in [-0.15, -0.1) is 11.3 Å². The normalized spacial score (nSPS) is 11.0. The van der Waals surface area contributed by atoms with Crippen LogP contribution in [0.5, 0.6) is 5.75 Å². The van der Waals surface area contributed by atoms with Crippen LogP contribution in [-0.4, -0.2) is 28.1 Å². The van der Waals surface area contributed by atoms with Crippen molar-refractivity contribution < 1.29 is 13.5 Å². The molecule has 0 saturated carbocycles. The number of halogens is 2. The van der Waals surface area contributed by atoms with Crippen LogP contribution < -0.4 is 10.1 Å². The van der Waals surface area contributed by atoms with Crippen molar-refractivity contribution in [1.29, 1.82) is 0 Å². The average Bonchev–Trinajstić information content (AvgIpc) is 3.21. The molecule has 1 N–H and O–H groups in total. The molecule has 5 nitrogen and oxygen atoms in total. The van der Waals surface area contributed by atoms with Gasteiger partial charge >= 0.3 is 0 Å². The third-order valence-corrected chi connectivity index (χ3v) is 5.29. The van der Waals surface area contributed by atoms with E-state index in [2.05, 4.69) is 20.3 Å². The van der Waals surface area contributed by atoms with Gasteiger partial charge in [-0.05, 0) is 37.1 Å². The van der Waals surface area contributed by atoms with Crippen LogP contribution in [-0.2, 0) is 6.42 Å². The SMILES string of the molecule is CCOc1csc(-c2cc(NCCc3cc(F)c4ncccc4c3F)ncn2)c1. The van der Waals surface area contributed by atoms with Crippen LogP contribution in [0.1, 0.15) is 12.5 Å². The highest BCUT2D eigenvalue weighted by molar-refractivity contribution is 7.13. The van der Waals surface area contributed by atoms with E-state index < -0.39 is 11.6 Å². The van der Waals surface area contributed by atoms with Gasteiger partial charge in [0.05, 0.1) is 17.2 Å². The molecule has 0 unspecified atom stereocenters. The highest BCUT2D eigenvalue weighted by atomic mass is 32.1. The number of anilines is 1. The van der Waals surface area contributed by atoms with Gasteiger partial charge in [0.2, 0.25) is 0 Å². The summed E-state index contributed by atoms with van der Waals surface area (Å²) in [6.45, 7) is 2.94.